The molecule has 0 aliphatic carbocycles. The van der Waals surface area contributed by atoms with Gasteiger partial charge in [0, 0.05) is 22.4 Å². The smallest absolute Gasteiger partial charge is 0.0562 e. The monoisotopic (exact) mass is 202 g/mol. The molecule has 0 aromatic heterocycles. The minimum absolute atomic E-state index is 1.13. The van der Waals surface area contributed by atoms with E-state index in [1.54, 1.807) is 0 Å². The van der Waals surface area contributed by atoms with Crippen LogP contribution in [-0.2, 0) is 0 Å². The summed E-state index contributed by atoms with van der Waals surface area (Å²) in [6.07, 6.45) is 1.83. The fraction of sp³-hybridized carbons (Fsp3) is 0. The molecule has 0 radical (unpaired) electrons. The highest BCUT2D eigenvalue weighted by Crippen LogP contribution is 2.19. The van der Waals surface area contributed by atoms with E-state index in [0.717, 1.165) is 5.56 Å². The average molecular weight is 202 g/mol. The maximum atomic E-state index is 3.99. The van der Waals surface area contributed by atoms with Crippen LogP contribution in [0.1, 0.15) is 5.56 Å². The molecule has 0 unspecified atom stereocenters. The summed E-state index contributed by atoms with van der Waals surface area (Å²) in [4.78, 5) is 4.05. The molecule has 1 aliphatic rings. The maximum Gasteiger partial charge on any atom is 0.0562 e. The predicted octanol–water partition coefficient (Wildman–Crippen LogP) is 2.76. The number of fused-ring (bicyclic) bond motifs is 1. The van der Waals surface area contributed by atoms with Crippen molar-refractivity contribution in [3.05, 3.63) is 54.1 Å². The summed E-state index contributed by atoms with van der Waals surface area (Å²) < 4.78 is 0. The van der Waals surface area contributed by atoms with Gasteiger partial charge >= 0.3 is 0 Å². The standard InChI is InChI=1S/C11H10N2S/c1-2-4-6-8-11-10(7-5-3-1)9-12-13-14-11/h1-9,13H. The second kappa shape index (κ2) is 4.67. The molecule has 70 valence electrons. The molecule has 0 spiro atoms. The normalized spacial score (nSPS) is 12.3. The van der Waals surface area contributed by atoms with E-state index in [2.05, 4.69) is 16.0 Å². The summed E-state index contributed by atoms with van der Waals surface area (Å²) >= 11 is 1.52. The second-order valence-electron chi connectivity index (χ2n) is 2.76. The zero-order valence-electron chi connectivity index (χ0n) is 7.55. The van der Waals surface area contributed by atoms with Crippen molar-refractivity contribution in [2.24, 2.45) is 5.10 Å². The largest absolute Gasteiger partial charge is 0.247 e. The topological polar surface area (TPSA) is 24.4 Å². The van der Waals surface area contributed by atoms with Gasteiger partial charge in [-0.3, -0.25) is 0 Å². The van der Waals surface area contributed by atoms with Crippen molar-refractivity contribution in [1.82, 2.24) is 4.83 Å². The van der Waals surface area contributed by atoms with E-state index in [1.807, 2.05) is 48.7 Å². The van der Waals surface area contributed by atoms with Gasteiger partial charge in [-0.2, -0.15) is 5.10 Å². The number of nitrogens with zero attached hydrogens (tertiary/aromatic N) is 1. The molecule has 2 rings (SSSR count). The fourth-order valence-electron chi connectivity index (χ4n) is 1.11. The van der Waals surface area contributed by atoms with Gasteiger partial charge in [0.15, 0.2) is 0 Å². The van der Waals surface area contributed by atoms with Crippen LogP contribution in [0.4, 0.5) is 0 Å². The number of hydrogen-bond acceptors (Lipinski definition) is 3. The Kier molecular flexibility index (Phi) is 3.03. The summed E-state index contributed by atoms with van der Waals surface area (Å²) in [5.74, 6) is 0. The zero-order valence-corrected chi connectivity index (χ0v) is 8.37. The molecule has 1 aromatic carbocycles. The molecule has 14 heavy (non-hydrogen) atoms. The number of rotatable bonds is 0. The zero-order chi connectivity index (χ0) is 9.64. The third-order valence-electron chi connectivity index (χ3n) is 1.78. The van der Waals surface area contributed by atoms with Crippen LogP contribution < -0.4 is 4.83 Å². The van der Waals surface area contributed by atoms with Crippen LogP contribution in [0.3, 0.4) is 0 Å². The lowest BCUT2D eigenvalue weighted by Gasteiger charge is -2.06. The molecule has 1 N–H and O–H groups in total. The molecule has 0 atom stereocenters. The van der Waals surface area contributed by atoms with Crippen LogP contribution in [0.5, 0.6) is 0 Å². The average Bonchev–Trinajstić information content (AvgIpc) is 2.25. The van der Waals surface area contributed by atoms with Gasteiger partial charge in [-0.15, -0.1) is 0 Å². The molecule has 2 nitrogen and oxygen atoms in total. The number of hydrogen-bond donors (Lipinski definition) is 1. The molecule has 0 amide bonds. The van der Waals surface area contributed by atoms with Gasteiger partial charge in [-0.25, -0.2) is 4.83 Å². The highest BCUT2D eigenvalue weighted by atomic mass is 32.2. The van der Waals surface area contributed by atoms with Crippen molar-refractivity contribution in [2.75, 3.05) is 0 Å². The van der Waals surface area contributed by atoms with Gasteiger partial charge in [0.2, 0.25) is 0 Å². The van der Waals surface area contributed by atoms with Gasteiger partial charge < -0.3 is 0 Å². The van der Waals surface area contributed by atoms with Crippen LogP contribution in [0.2, 0.25) is 0 Å². The molecular formula is C11H10N2S. The summed E-state index contributed by atoms with van der Waals surface area (Å²) in [5.41, 5.74) is 1.13. The molecule has 0 fully saturated rings. The van der Waals surface area contributed by atoms with Gasteiger partial charge in [0.1, 0.15) is 0 Å². The Morgan fingerprint density at radius 3 is 2.50 bits per heavy atom. The molecule has 1 aliphatic heterocycles. The first-order chi connectivity index (χ1) is 6.97. The Hall–Kier alpha value is -1.48. The van der Waals surface area contributed by atoms with Crippen molar-refractivity contribution in [2.45, 2.75) is 4.90 Å². The van der Waals surface area contributed by atoms with Gasteiger partial charge in [-0.1, -0.05) is 42.5 Å². The highest BCUT2D eigenvalue weighted by Gasteiger charge is 2.00. The van der Waals surface area contributed by atoms with E-state index in [9.17, 15) is 0 Å². The van der Waals surface area contributed by atoms with Crippen molar-refractivity contribution >= 4 is 18.2 Å². The van der Waals surface area contributed by atoms with Crippen LogP contribution in [0, 0.1) is 0 Å². The molecule has 0 saturated heterocycles. The predicted molar refractivity (Wildman–Crippen MR) is 60.7 cm³/mol. The van der Waals surface area contributed by atoms with E-state index < -0.39 is 0 Å². The van der Waals surface area contributed by atoms with Crippen LogP contribution in [0.15, 0.2) is 58.5 Å². The Morgan fingerprint density at radius 1 is 0.929 bits per heavy atom. The first-order valence-corrected chi connectivity index (χ1v) is 5.16. The molecule has 0 saturated carbocycles. The summed E-state index contributed by atoms with van der Waals surface area (Å²) in [6.45, 7) is 0. The minimum atomic E-state index is 1.13. The number of nitrogens with one attached hydrogen (secondary N) is 1. The van der Waals surface area contributed by atoms with Crippen molar-refractivity contribution in [3.63, 3.8) is 0 Å². The van der Waals surface area contributed by atoms with Crippen LogP contribution in [0.25, 0.3) is 0 Å². The Labute approximate surface area is 87.5 Å². The second-order valence-corrected chi connectivity index (χ2v) is 3.59. The molecule has 1 heterocycles. The van der Waals surface area contributed by atoms with Gasteiger partial charge in [0.05, 0.1) is 6.21 Å². The van der Waals surface area contributed by atoms with Crippen LogP contribution >= 0.6 is 11.9 Å². The van der Waals surface area contributed by atoms with E-state index in [1.165, 1.54) is 16.8 Å². The Bertz CT molecular complexity index is 400. The maximum absolute atomic E-state index is 3.99. The van der Waals surface area contributed by atoms with Gasteiger partial charge in [0.25, 0.3) is 0 Å². The SMILES string of the molecule is C1=NNSc2ccccccccc21. The summed E-state index contributed by atoms with van der Waals surface area (Å²) in [6, 6.07) is 16.2. The van der Waals surface area contributed by atoms with Crippen molar-refractivity contribution in [3.8, 4) is 0 Å². The molecule has 1 aromatic rings. The molecular weight excluding hydrogens is 192 g/mol. The van der Waals surface area contributed by atoms with E-state index >= 15 is 0 Å². The van der Waals surface area contributed by atoms with E-state index in [0.29, 0.717) is 0 Å². The minimum Gasteiger partial charge on any atom is -0.247 e. The number of hydrazone groups is 1. The summed E-state index contributed by atoms with van der Waals surface area (Å²) in [7, 11) is 0. The fourth-order valence-corrected chi connectivity index (χ4v) is 1.70. The molecule has 0 bridgehead atoms. The third kappa shape index (κ3) is 2.26. The van der Waals surface area contributed by atoms with E-state index in [-0.39, 0.29) is 0 Å². The van der Waals surface area contributed by atoms with E-state index in [4.69, 9.17) is 0 Å². The quantitative estimate of drug-likeness (QED) is 0.654. The summed E-state index contributed by atoms with van der Waals surface area (Å²) in [5, 5.41) is 3.99. The molecule has 3 heteroatoms. The lowest BCUT2D eigenvalue weighted by atomic mass is 10.2. The third-order valence-corrected chi connectivity index (χ3v) is 2.56. The lowest BCUT2D eigenvalue weighted by molar-refractivity contribution is 1.10. The van der Waals surface area contributed by atoms with Crippen LogP contribution in [-0.4, -0.2) is 6.21 Å². The van der Waals surface area contributed by atoms with Crippen molar-refractivity contribution in [1.29, 1.82) is 0 Å². The first-order valence-electron chi connectivity index (χ1n) is 4.34. The van der Waals surface area contributed by atoms with Crippen molar-refractivity contribution < 1.29 is 0 Å². The first kappa shape index (κ1) is 9.09. The Morgan fingerprint density at radius 2 is 1.64 bits per heavy atom. The lowest BCUT2D eigenvalue weighted by Crippen LogP contribution is -2.00. The van der Waals surface area contributed by atoms with Gasteiger partial charge in [-0.05, 0) is 6.07 Å². The Balaban J connectivity index is 2.56. The highest BCUT2D eigenvalue weighted by molar-refractivity contribution is 7.97.